The van der Waals surface area contributed by atoms with Gasteiger partial charge in [0, 0.05) is 31.7 Å². The van der Waals surface area contributed by atoms with Crippen molar-refractivity contribution in [3.05, 3.63) is 0 Å². The van der Waals surface area contributed by atoms with E-state index in [1.807, 2.05) is 27.8 Å². The predicted molar refractivity (Wildman–Crippen MR) is 61.2 cm³/mol. The van der Waals surface area contributed by atoms with E-state index >= 15 is 0 Å². The van der Waals surface area contributed by atoms with Gasteiger partial charge in [-0.15, -0.1) is 0 Å². The van der Waals surface area contributed by atoms with Gasteiger partial charge in [-0.05, 0) is 27.8 Å². The van der Waals surface area contributed by atoms with E-state index in [0.29, 0.717) is 13.1 Å². The van der Waals surface area contributed by atoms with Gasteiger partial charge in [0.1, 0.15) is 5.60 Å². The summed E-state index contributed by atoms with van der Waals surface area (Å²) in [6.07, 6.45) is -0.302. The van der Waals surface area contributed by atoms with Gasteiger partial charge in [0.05, 0.1) is 0 Å². The van der Waals surface area contributed by atoms with Crippen LogP contribution in [0.2, 0.25) is 0 Å². The topological polar surface area (TPSA) is 61.8 Å². The zero-order valence-corrected chi connectivity index (χ0v) is 10.5. The van der Waals surface area contributed by atoms with Gasteiger partial charge in [0.2, 0.25) is 0 Å². The van der Waals surface area contributed by atoms with Gasteiger partial charge in [-0.3, -0.25) is 0 Å². The van der Waals surface area contributed by atoms with Crippen molar-refractivity contribution in [2.24, 2.45) is 5.92 Å². The van der Waals surface area contributed by atoms with Crippen molar-refractivity contribution in [1.82, 2.24) is 10.2 Å². The molecular formula is C11H22N2O3. The Labute approximate surface area is 96.8 Å². The van der Waals surface area contributed by atoms with Crippen molar-refractivity contribution in [3.63, 3.8) is 0 Å². The number of likely N-dealkylation sites (tertiary alicyclic amines) is 1. The number of nitrogens with zero attached hydrogens (tertiary/aromatic N) is 1. The summed E-state index contributed by atoms with van der Waals surface area (Å²) in [7, 11) is 1.84. The third kappa shape index (κ3) is 3.35. The summed E-state index contributed by atoms with van der Waals surface area (Å²) in [4.78, 5) is 13.4. The number of aliphatic hydroxyl groups is 1. The molecule has 16 heavy (non-hydrogen) atoms. The first-order valence-electron chi connectivity index (χ1n) is 5.63. The fraction of sp³-hybridized carbons (Fsp3) is 0.909. The fourth-order valence-electron chi connectivity index (χ4n) is 1.86. The number of nitrogens with one attached hydrogen (secondary N) is 1. The minimum atomic E-state index is -0.469. The number of rotatable bonds is 2. The van der Waals surface area contributed by atoms with Crippen molar-refractivity contribution >= 4 is 6.09 Å². The van der Waals surface area contributed by atoms with E-state index in [2.05, 4.69) is 5.32 Å². The van der Waals surface area contributed by atoms with Crippen molar-refractivity contribution in [2.75, 3.05) is 26.7 Å². The second kappa shape index (κ2) is 5.01. The molecule has 0 aromatic rings. The first kappa shape index (κ1) is 13.3. The van der Waals surface area contributed by atoms with Crippen LogP contribution in [-0.2, 0) is 4.74 Å². The van der Waals surface area contributed by atoms with Crippen LogP contribution in [0.5, 0.6) is 0 Å². The van der Waals surface area contributed by atoms with Crippen LogP contribution < -0.4 is 5.32 Å². The van der Waals surface area contributed by atoms with Crippen molar-refractivity contribution in [3.8, 4) is 0 Å². The van der Waals surface area contributed by atoms with Gasteiger partial charge < -0.3 is 20.1 Å². The zero-order chi connectivity index (χ0) is 12.3. The molecular weight excluding hydrogens is 208 g/mol. The summed E-state index contributed by atoms with van der Waals surface area (Å²) in [5, 5.41) is 12.3. The lowest BCUT2D eigenvalue weighted by atomic mass is 10.1. The zero-order valence-electron chi connectivity index (χ0n) is 10.5. The molecule has 0 aromatic carbocycles. The molecule has 0 aliphatic carbocycles. The lowest BCUT2D eigenvalue weighted by Gasteiger charge is -2.24. The fourth-order valence-corrected chi connectivity index (χ4v) is 1.86. The highest BCUT2D eigenvalue weighted by Gasteiger charge is 2.35. The Bertz CT molecular complexity index is 238. The summed E-state index contributed by atoms with van der Waals surface area (Å²) in [5.74, 6) is 0.0949. The van der Waals surface area contributed by atoms with Crippen molar-refractivity contribution in [2.45, 2.75) is 32.4 Å². The Hall–Kier alpha value is -0.810. The Morgan fingerprint density at radius 2 is 2.12 bits per heavy atom. The summed E-state index contributed by atoms with van der Waals surface area (Å²) in [6, 6.07) is 0.150. The molecule has 1 heterocycles. The highest BCUT2D eigenvalue weighted by atomic mass is 16.6. The number of likely N-dealkylation sites (N-methyl/N-ethyl adjacent to an activating group) is 1. The van der Waals surface area contributed by atoms with E-state index in [1.54, 1.807) is 4.90 Å². The summed E-state index contributed by atoms with van der Waals surface area (Å²) >= 11 is 0. The van der Waals surface area contributed by atoms with Crippen molar-refractivity contribution in [1.29, 1.82) is 0 Å². The number of hydrogen-bond acceptors (Lipinski definition) is 4. The van der Waals surface area contributed by atoms with Gasteiger partial charge in [-0.2, -0.15) is 0 Å². The molecule has 1 fully saturated rings. The predicted octanol–water partition coefficient (Wildman–Crippen LogP) is 0.434. The minimum absolute atomic E-state index is 0.0881. The Morgan fingerprint density at radius 3 is 2.50 bits per heavy atom. The van der Waals surface area contributed by atoms with E-state index in [0.717, 1.165) is 0 Å². The highest BCUT2D eigenvalue weighted by molar-refractivity contribution is 5.68. The molecule has 0 saturated carbocycles. The molecule has 0 radical (unpaired) electrons. The number of hydrogen-bond donors (Lipinski definition) is 2. The molecule has 1 aliphatic rings. The molecule has 0 aromatic heterocycles. The van der Waals surface area contributed by atoms with Crippen LogP contribution in [0, 0.1) is 5.92 Å². The van der Waals surface area contributed by atoms with Crippen LogP contribution in [0.15, 0.2) is 0 Å². The van der Waals surface area contributed by atoms with E-state index in [-0.39, 0.29) is 24.7 Å². The molecule has 1 aliphatic heterocycles. The van der Waals surface area contributed by atoms with Crippen LogP contribution in [-0.4, -0.2) is 54.5 Å². The van der Waals surface area contributed by atoms with E-state index < -0.39 is 5.60 Å². The van der Waals surface area contributed by atoms with Gasteiger partial charge in [-0.25, -0.2) is 4.79 Å². The number of carbonyl (C=O) groups is 1. The first-order valence-corrected chi connectivity index (χ1v) is 5.63. The van der Waals surface area contributed by atoms with Gasteiger partial charge in [-0.1, -0.05) is 0 Å². The second-order valence-electron chi connectivity index (χ2n) is 5.22. The molecule has 1 amide bonds. The maximum atomic E-state index is 11.8. The van der Waals surface area contributed by atoms with Crippen LogP contribution >= 0.6 is 0 Å². The molecule has 1 saturated heterocycles. The van der Waals surface area contributed by atoms with Crippen molar-refractivity contribution < 1.29 is 14.6 Å². The molecule has 94 valence electrons. The van der Waals surface area contributed by atoms with E-state index in [9.17, 15) is 9.90 Å². The van der Waals surface area contributed by atoms with Gasteiger partial charge in [0.15, 0.2) is 0 Å². The first-order chi connectivity index (χ1) is 7.37. The molecule has 2 unspecified atom stereocenters. The molecule has 5 nitrogen and oxygen atoms in total. The average molecular weight is 230 g/mol. The SMILES string of the molecule is CNC1CN(C(=O)OC(C)(C)C)CC1CO. The Morgan fingerprint density at radius 1 is 1.50 bits per heavy atom. The van der Waals surface area contributed by atoms with Gasteiger partial charge >= 0.3 is 6.09 Å². The molecule has 5 heteroatoms. The second-order valence-corrected chi connectivity index (χ2v) is 5.22. The maximum absolute atomic E-state index is 11.8. The summed E-state index contributed by atoms with van der Waals surface area (Å²) in [5.41, 5.74) is -0.469. The number of carbonyl (C=O) groups excluding carboxylic acids is 1. The Kier molecular flexibility index (Phi) is 4.15. The van der Waals surface area contributed by atoms with E-state index in [4.69, 9.17) is 4.74 Å². The standard InChI is InChI=1S/C11H22N2O3/c1-11(2,3)16-10(15)13-5-8(7-14)9(6-13)12-4/h8-9,12,14H,5-7H2,1-4H3. The summed E-state index contributed by atoms with van der Waals surface area (Å²) < 4.78 is 5.28. The lowest BCUT2D eigenvalue weighted by molar-refractivity contribution is 0.0282. The van der Waals surface area contributed by atoms with Crippen LogP contribution in [0.1, 0.15) is 20.8 Å². The number of aliphatic hydroxyl groups excluding tert-OH is 1. The normalized spacial score (nSPS) is 25.9. The molecule has 0 spiro atoms. The maximum Gasteiger partial charge on any atom is 0.410 e. The smallest absolute Gasteiger partial charge is 0.410 e. The number of amides is 1. The molecule has 0 bridgehead atoms. The molecule has 2 N–H and O–H groups in total. The third-order valence-corrected chi connectivity index (χ3v) is 2.70. The van der Waals surface area contributed by atoms with Crippen LogP contribution in [0.25, 0.3) is 0 Å². The van der Waals surface area contributed by atoms with Crippen LogP contribution in [0.3, 0.4) is 0 Å². The quantitative estimate of drug-likeness (QED) is 0.722. The number of ether oxygens (including phenoxy) is 1. The van der Waals surface area contributed by atoms with Crippen LogP contribution in [0.4, 0.5) is 4.79 Å². The highest BCUT2D eigenvalue weighted by Crippen LogP contribution is 2.19. The third-order valence-electron chi connectivity index (χ3n) is 2.70. The largest absolute Gasteiger partial charge is 0.444 e. The van der Waals surface area contributed by atoms with Gasteiger partial charge in [0.25, 0.3) is 0 Å². The lowest BCUT2D eigenvalue weighted by Crippen LogP contribution is -2.37. The molecule has 1 rings (SSSR count). The average Bonchev–Trinajstić information content (AvgIpc) is 2.57. The summed E-state index contributed by atoms with van der Waals surface area (Å²) in [6.45, 7) is 6.78. The monoisotopic (exact) mass is 230 g/mol. The Balaban J connectivity index is 2.54. The van der Waals surface area contributed by atoms with E-state index in [1.165, 1.54) is 0 Å². The minimum Gasteiger partial charge on any atom is -0.444 e. The molecule has 2 atom stereocenters.